The van der Waals surface area contributed by atoms with Crippen molar-refractivity contribution in [1.29, 1.82) is 0 Å². The van der Waals surface area contributed by atoms with Gasteiger partial charge in [-0.2, -0.15) is 0 Å². The van der Waals surface area contributed by atoms with Crippen molar-refractivity contribution in [1.82, 2.24) is 14.3 Å². The smallest absolute Gasteiger partial charge is 0.116 e. The number of nitrogens with zero attached hydrogens (tertiary/aromatic N) is 3. The van der Waals surface area contributed by atoms with E-state index in [-0.39, 0.29) is 0 Å². The number of hydrogen-bond acceptors (Lipinski definition) is 4. The van der Waals surface area contributed by atoms with Gasteiger partial charge in [-0.15, -0.1) is 0 Å². The molecule has 0 aliphatic carbocycles. The minimum Gasteiger partial charge on any atom is -0.235 e. The van der Waals surface area contributed by atoms with Gasteiger partial charge in [0.25, 0.3) is 0 Å². The van der Waals surface area contributed by atoms with Crippen molar-refractivity contribution in [2.24, 2.45) is 0 Å². The molecule has 0 fully saturated rings. The van der Waals surface area contributed by atoms with Crippen LogP contribution < -0.4 is 0 Å². The molecular formula is C13H7N3S. The first-order valence-corrected chi connectivity index (χ1v) is 6.08. The fourth-order valence-corrected chi connectivity index (χ4v) is 2.93. The Bertz CT molecular complexity index is 851. The summed E-state index contributed by atoms with van der Waals surface area (Å²) in [6.45, 7) is 0. The van der Waals surface area contributed by atoms with E-state index in [2.05, 4.69) is 32.5 Å². The number of benzene rings is 2. The van der Waals surface area contributed by atoms with Crippen molar-refractivity contribution >= 4 is 43.4 Å². The third-order valence-electron chi connectivity index (χ3n) is 2.97. The molecule has 4 rings (SSSR count). The molecule has 0 aliphatic rings. The fraction of sp³-hybridized carbons (Fsp3) is 0. The Labute approximate surface area is 101 Å². The van der Waals surface area contributed by atoms with E-state index < -0.39 is 0 Å². The van der Waals surface area contributed by atoms with Gasteiger partial charge in [0.15, 0.2) is 0 Å². The van der Waals surface area contributed by atoms with Crippen molar-refractivity contribution in [2.75, 3.05) is 0 Å². The maximum Gasteiger partial charge on any atom is 0.116 e. The highest BCUT2D eigenvalue weighted by molar-refractivity contribution is 7.13. The fourth-order valence-electron chi connectivity index (χ4n) is 2.18. The van der Waals surface area contributed by atoms with Crippen LogP contribution >= 0.6 is 11.5 Å². The Morgan fingerprint density at radius 1 is 0.882 bits per heavy atom. The summed E-state index contributed by atoms with van der Waals surface area (Å²) >= 11 is 1.52. The van der Waals surface area contributed by atoms with Crippen molar-refractivity contribution in [3.8, 4) is 0 Å². The first-order valence-electron chi connectivity index (χ1n) is 5.30. The zero-order valence-corrected chi connectivity index (χ0v) is 9.61. The molecule has 0 spiro atoms. The van der Waals surface area contributed by atoms with Crippen LogP contribution in [-0.4, -0.2) is 14.3 Å². The van der Waals surface area contributed by atoms with E-state index in [1.165, 1.54) is 27.0 Å². The topological polar surface area (TPSA) is 38.7 Å². The third-order valence-corrected chi connectivity index (χ3v) is 3.84. The zero-order chi connectivity index (χ0) is 11.2. The first kappa shape index (κ1) is 9.01. The Morgan fingerprint density at radius 3 is 2.82 bits per heavy atom. The Balaban J connectivity index is 2.34. The van der Waals surface area contributed by atoms with Crippen molar-refractivity contribution in [3.63, 3.8) is 0 Å². The zero-order valence-electron chi connectivity index (χ0n) is 8.79. The molecule has 0 amide bonds. The molecule has 2 heterocycles. The lowest BCUT2D eigenvalue weighted by Gasteiger charge is -2.02. The van der Waals surface area contributed by atoms with Crippen LogP contribution in [-0.2, 0) is 0 Å². The number of fused-ring (bicyclic) bond motifs is 5. The van der Waals surface area contributed by atoms with E-state index in [9.17, 15) is 0 Å². The van der Waals surface area contributed by atoms with Gasteiger partial charge in [-0.3, -0.25) is 0 Å². The van der Waals surface area contributed by atoms with Gasteiger partial charge in [0, 0.05) is 17.0 Å². The molecule has 3 nitrogen and oxygen atoms in total. The van der Waals surface area contributed by atoms with Gasteiger partial charge in [0.05, 0.1) is 15.7 Å². The molecule has 0 aliphatic heterocycles. The third kappa shape index (κ3) is 1.18. The van der Waals surface area contributed by atoms with Crippen molar-refractivity contribution in [2.45, 2.75) is 0 Å². The van der Waals surface area contributed by atoms with Crippen LogP contribution in [0.5, 0.6) is 0 Å². The van der Waals surface area contributed by atoms with Gasteiger partial charge in [-0.25, -0.2) is 14.3 Å². The molecule has 17 heavy (non-hydrogen) atoms. The molecule has 0 radical (unpaired) electrons. The summed E-state index contributed by atoms with van der Waals surface area (Å²) in [7, 11) is 0. The molecule has 0 saturated carbocycles. The normalized spacial score (nSPS) is 11.5. The molecule has 4 aromatic rings. The van der Waals surface area contributed by atoms with Gasteiger partial charge in [0.1, 0.15) is 6.33 Å². The van der Waals surface area contributed by atoms with Gasteiger partial charge in [-0.05, 0) is 29.1 Å². The summed E-state index contributed by atoms with van der Waals surface area (Å²) in [5.74, 6) is 0. The highest BCUT2D eigenvalue weighted by atomic mass is 32.1. The van der Waals surface area contributed by atoms with Gasteiger partial charge >= 0.3 is 0 Å². The van der Waals surface area contributed by atoms with Crippen LogP contribution in [0.1, 0.15) is 0 Å². The molecule has 0 atom stereocenters. The van der Waals surface area contributed by atoms with Crippen LogP contribution in [0.4, 0.5) is 0 Å². The summed E-state index contributed by atoms with van der Waals surface area (Å²) in [6, 6.07) is 10.4. The maximum absolute atomic E-state index is 4.33. The van der Waals surface area contributed by atoms with Crippen LogP contribution in [0.2, 0.25) is 0 Å². The standard InChI is InChI=1S/C13H7N3S/c1-2-9-10(13-8(1)5-6-16-17-13)3-4-11-12(9)15-7-14-11/h1-7H. The summed E-state index contributed by atoms with van der Waals surface area (Å²) < 4.78 is 5.44. The van der Waals surface area contributed by atoms with Crippen LogP contribution in [0.15, 0.2) is 42.9 Å². The summed E-state index contributed by atoms with van der Waals surface area (Å²) in [5.41, 5.74) is 1.92. The molecule has 0 saturated heterocycles. The van der Waals surface area contributed by atoms with Gasteiger partial charge in [-0.1, -0.05) is 18.2 Å². The molecule has 4 heteroatoms. The second-order valence-corrected chi connectivity index (χ2v) is 4.70. The lowest BCUT2D eigenvalue weighted by molar-refractivity contribution is 1.35. The van der Waals surface area contributed by atoms with Gasteiger partial charge < -0.3 is 0 Å². The van der Waals surface area contributed by atoms with Crippen molar-refractivity contribution in [3.05, 3.63) is 42.9 Å². The minimum atomic E-state index is 0.950. The first-order chi connectivity index (χ1) is 8.43. The summed E-state index contributed by atoms with van der Waals surface area (Å²) in [4.78, 5) is 8.55. The van der Waals surface area contributed by atoms with Crippen LogP contribution in [0, 0.1) is 0 Å². The van der Waals surface area contributed by atoms with Crippen LogP contribution in [0.3, 0.4) is 0 Å². The van der Waals surface area contributed by atoms with E-state index in [4.69, 9.17) is 0 Å². The molecular weight excluding hydrogens is 230 g/mol. The average molecular weight is 237 g/mol. The van der Waals surface area contributed by atoms with E-state index in [1.807, 2.05) is 18.3 Å². The van der Waals surface area contributed by atoms with E-state index >= 15 is 0 Å². The molecule has 0 N–H and O–H groups in total. The Kier molecular flexibility index (Phi) is 1.70. The molecule has 2 aromatic heterocycles. The second-order valence-electron chi connectivity index (χ2n) is 3.90. The molecule has 0 bridgehead atoms. The van der Waals surface area contributed by atoms with Crippen molar-refractivity contribution < 1.29 is 0 Å². The lowest BCUT2D eigenvalue weighted by Crippen LogP contribution is -1.79. The largest absolute Gasteiger partial charge is 0.235 e. The van der Waals surface area contributed by atoms with E-state index in [1.54, 1.807) is 6.33 Å². The molecule has 2 aromatic carbocycles. The second kappa shape index (κ2) is 3.21. The monoisotopic (exact) mass is 237 g/mol. The SMILES string of the molecule is c1cc2ccc3c(ccc4ncnc43)c2sn1. The summed E-state index contributed by atoms with van der Waals surface area (Å²) in [6.07, 6.45) is 3.45. The predicted molar refractivity (Wildman–Crippen MR) is 70.2 cm³/mol. The highest BCUT2D eigenvalue weighted by Crippen LogP contribution is 2.30. The maximum atomic E-state index is 4.33. The number of hydrogen-bond donors (Lipinski definition) is 0. The van der Waals surface area contributed by atoms with Gasteiger partial charge in [0.2, 0.25) is 0 Å². The lowest BCUT2D eigenvalue weighted by atomic mass is 10.1. The quantitative estimate of drug-likeness (QED) is 0.440. The minimum absolute atomic E-state index is 0.950. The van der Waals surface area contributed by atoms with Crippen LogP contribution in [0.25, 0.3) is 31.9 Å². The number of rotatable bonds is 0. The van der Waals surface area contributed by atoms with E-state index in [0.29, 0.717) is 0 Å². The Morgan fingerprint density at radius 2 is 1.82 bits per heavy atom. The number of imidazole rings is 1. The number of aromatic nitrogens is 3. The Hall–Kier alpha value is -2.07. The molecule has 0 unspecified atom stereocenters. The average Bonchev–Trinajstić information content (AvgIpc) is 2.86. The highest BCUT2D eigenvalue weighted by Gasteiger charge is 2.06. The summed E-state index contributed by atoms with van der Waals surface area (Å²) in [5, 5.41) is 3.57. The predicted octanol–water partition coefficient (Wildman–Crippen LogP) is 3.39. The van der Waals surface area contributed by atoms with E-state index in [0.717, 1.165) is 16.4 Å². The molecule has 80 valence electrons.